The van der Waals surface area contributed by atoms with Gasteiger partial charge in [0.15, 0.2) is 11.6 Å². The van der Waals surface area contributed by atoms with Gasteiger partial charge < -0.3 is 20.9 Å². The predicted molar refractivity (Wildman–Crippen MR) is 116 cm³/mol. The van der Waals surface area contributed by atoms with Crippen LogP contribution in [0.15, 0.2) is 35.7 Å². The van der Waals surface area contributed by atoms with Crippen LogP contribution in [0.5, 0.6) is 0 Å². The Bertz CT molecular complexity index is 1080. The molecule has 1 fully saturated rings. The van der Waals surface area contributed by atoms with Crippen molar-refractivity contribution in [2.24, 2.45) is 12.0 Å². The molecule has 0 spiro atoms. The van der Waals surface area contributed by atoms with Crippen LogP contribution < -0.4 is 20.9 Å². The smallest absolute Gasteiger partial charge is 0.191 e. The second kappa shape index (κ2) is 9.11. The number of aliphatic imine (C=N–C) groups is 1. The second-order valence-electron chi connectivity index (χ2n) is 7.33. The molecule has 1 aromatic carbocycles. The fourth-order valence-electron chi connectivity index (χ4n) is 3.69. The number of aromatic nitrogens is 4. The summed E-state index contributed by atoms with van der Waals surface area (Å²) in [5, 5.41) is 15.0. The lowest BCUT2D eigenvalue weighted by Gasteiger charge is -2.21. The molecule has 4 rings (SSSR count). The minimum atomic E-state index is -0.570. The maximum absolute atomic E-state index is 14.0. The molecule has 1 aliphatic heterocycles. The van der Waals surface area contributed by atoms with Gasteiger partial charge >= 0.3 is 0 Å². The molecule has 0 aliphatic carbocycles. The number of hydrogen-bond donors (Lipinski definition) is 3. The fourth-order valence-corrected chi connectivity index (χ4v) is 3.69. The third-order valence-electron chi connectivity index (χ3n) is 5.24. The Labute approximate surface area is 178 Å². The van der Waals surface area contributed by atoms with Crippen molar-refractivity contribution in [1.29, 1.82) is 0 Å². The van der Waals surface area contributed by atoms with Crippen LogP contribution in [0.1, 0.15) is 6.42 Å². The van der Waals surface area contributed by atoms with Crippen LogP contribution in [0, 0.1) is 11.6 Å². The Balaban J connectivity index is 1.25. The van der Waals surface area contributed by atoms with Crippen molar-refractivity contribution < 1.29 is 8.78 Å². The molecule has 0 bridgehead atoms. The number of hydrogen-bond acceptors (Lipinski definition) is 6. The fraction of sp³-hybridized carbons (Fsp3) is 0.400. The Morgan fingerprint density at radius 3 is 2.94 bits per heavy atom. The Morgan fingerprint density at radius 1 is 1.26 bits per heavy atom. The van der Waals surface area contributed by atoms with Gasteiger partial charge in [-0.3, -0.25) is 9.67 Å². The summed E-state index contributed by atoms with van der Waals surface area (Å²) in [5.74, 6) is 0.291. The number of guanidine groups is 1. The summed E-state index contributed by atoms with van der Waals surface area (Å²) in [5.41, 5.74) is 1.19. The van der Waals surface area contributed by atoms with Crippen LogP contribution in [0.25, 0.3) is 11.0 Å². The SMILES string of the molecule is CN=C(NCCNc1ncnc2c1cnn2C)NC1CCN(c2ccc(F)cc2F)C1. The van der Waals surface area contributed by atoms with Crippen molar-refractivity contribution in [2.75, 3.05) is 43.4 Å². The van der Waals surface area contributed by atoms with E-state index < -0.39 is 11.6 Å². The number of halogens is 2. The second-order valence-corrected chi connectivity index (χ2v) is 7.33. The van der Waals surface area contributed by atoms with E-state index in [9.17, 15) is 8.78 Å². The van der Waals surface area contributed by atoms with E-state index in [1.54, 1.807) is 17.9 Å². The molecule has 11 heteroatoms. The highest BCUT2D eigenvalue weighted by Gasteiger charge is 2.25. The largest absolute Gasteiger partial charge is 0.368 e. The van der Waals surface area contributed by atoms with E-state index in [0.717, 1.165) is 29.3 Å². The molecular formula is C20H25F2N9. The normalized spacial score (nSPS) is 16.7. The van der Waals surface area contributed by atoms with Crippen molar-refractivity contribution in [3.8, 4) is 0 Å². The first-order valence-corrected chi connectivity index (χ1v) is 10.1. The Morgan fingerprint density at radius 2 is 2.13 bits per heavy atom. The standard InChI is InChI=1S/C20H25F2N9/c1-23-20(25-7-6-24-18-15-10-28-30(2)19(15)27-12-26-18)29-14-5-8-31(11-14)17-4-3-13(21)9-16(17)22/h3-4,9-10,12,14H,5-8,11H2,1-2H3,(H2,23,25,29)(H,24,26,27). The van der Waals surface area contributed by atoms with Gasteiger partial charge in [-0.2, -0.15) is 5.10 Å². The zero-order valence-electron chi connectivity index (χ0n) is 17.4. The molecule has 0 radical (unpaired) electrons. The molecule has 0 saturated carbocycles. The molecule has 2 aromatic heterocycles. The highest BCUT2D eigenvalue weighted by molar-refractivity contribution is 5.86. The first-order chi connectivity index (χ1) is 15.0. The van der Waals surface area contributed by atoms with E-state index in [-0.39, 0.29) is 6.04 Å². The highest BCUT2D eigenvalue weighted by Crippen LogP contribution is 2.24. The van der Waals surface area contributed by atoms with Crippen molar-refractivity contribution in [1.82, 2.24) is 30.4 Å². The lowest BCUT2D eigenvalue weighted by molar-refractivity contribution is 0.580. The van der Waals surface area contributed by atoms with Crippen molar-refractivity contribution in [2.45, 2.75) is 12.5 Å². The van der Waals surface area contributed by atoms with E-state index in [0.29, 0.717) is 37.8 Å². The quantitative estimate of drug-likeness (QED) is 0.311. The number of fused-ring (bicyclic) bond motifs is 1. The summed E-state index contributed by atoms with van der Waals surface area (Å²) in [4.78, 5) is 14.7. The third-order valence-corrected chi connectivity index (χ3v) is 5.24. The Hall–Kier alpha value is -3.50. The monoisotopic (exact) mass is 429 g/mol. The number of benzene rings is 1. The summed E-state index contributed by atoms with van der Waals surface area (Å²) in [7, 11) is 3.55. The van der Waals surface area contributed by atoms with Gasteiger partial charge in [-0.15, -0.1) is 0 Å². The van der Waals surface area contributed by atoms with Crippen molar-refractivity contribution >= 4 is 28.5 Å². The highest BCUT2D eigenvalue weighted by atomic mass is 19.1. The van der Waals surface area contributed by atoms with Crippen LogP contribution in [0.4, 0.5) is 20.3 Å². The minimum Gasteiger partial charge on any atom is -0.368 e. The van der Waals surface area contributed by atoms with Crippen molar-refractivity contribution in [3.05, 3.63) is 42.4 Å². The van der Waals surface area contributed by atoms with Gasteiger partial charge in [0.2, 0.25) is 0 Å². The molecule has 3 aromatic rings. The van der Waals surface area contributed by atoms with Gasteiger partial charge in [-0.05, 0) is 18.6 Å². The van der Waals surface area contributed by atoms with E-state index >= 15 is 0 Å². The van der Waals surface area contributed by atoms with Crippen LogP contribution in [-0.2, 0) is 7.05 Å². The van der Waals surface area contributed by atoms with Gasteiger partial charge in [0, 0.05) is 52.4 Å². The molecule has 1 unspecified atom stereocenters. The van der Waals surface area contributed by atoms with E-state index in [4.69, 9.17) is 0 Å². The molecule has 1 atom stereocenters. The van der Waals surface area contributed by atoms with Gasteiger partial charge in [0.05, 0.1) is 17.3 Å². The van der Waals surface area contributed by atoms with Crippen LogP contribution in [0.3, 0.4) is 0 Å². The molecule has 0 amide bonds. The molecule has 3 N–H and O–H groups in total. The molecule has 1 aliphatic rings. The van der Waals surface area contributed by atoms with Gasteiger partial charge in [-0.25, -0.2) is 18.7 Å². The van der Waals surface area contributed by atoms with Gasteiger partial charge in [0.25, 0.3) is 0 Å². The van der Waals surface area contributed by atoms with Crippen molar-refractivity contribution in [3.63, 3.8) is 0 Å². The zero-order valence-corrected chi connectivity index (χ0v) is 17.4. The zero-order chi connectivity index (χ0) is 21.8. The summed E-state index contributed by atoms with van der Waals surface area (Å²) in [6.07, 6.45) is 4.08. The summed E-state index contributed by atoms with van der Waals surface area (Å²) < 4.78 is 28.9. The number of rotatable bonds is 6. The van der Waals surface area contributed by atoms with E-state index in [1.165, 1.54) is 18.5 Å². The third kappa shape index (κ3) is 4.65. The maximum Gasteiger partial charge on any atom is 0.191 e. The van der Waals surface area contributed by atoms with Crippen LogP contribution in [0.2, 0.25) is 0 Å². The predicted octanol–water partition coefficient (Wildman–Crippen LogP) is 1.50. The first kappa shape index (κ1) is 20.8. The lowest BCUT2D eigenvalue weighted by Crippen LogP contribution is -2.45. The average Bonchev–Trinajstić information content (AvgIpc) is 3.37. The molecule has 3 heterocycles. The molecule has 9 nitrogen and oxygen atoms in total. The number of aryl methyl sites for hydroxylation is 1. The maximum atomic E-state index is 14.0. The molecule has 31 heavy (non-hydrogen) atoms. The first-order valence-electron chi connectivity index (χ1n) is 10.1. The number of anilines is 2. The minimum absolute atomic E-state index is 0.112. The van der Waals surface area contributed by atoms with Crippen LogP contribution in [-0.4, -0.2) is 65.0 Å². The Kier molecular flexibility index (Phi) is 6.10. The average molecular weight is 429 g/mol. The van der Waals surface area contributed by atoms with Gasteiger partial charge in [-0.1, -0.05) is 0 Å². The van der Waals surface area contributed by atoms with E-state index in [2.05, 4.69) is 36.0 Å². The number of nitrogens with one attached hydrogen (secondary N) is 3. The summed E-state index contributed by atoms with van der Waals surface area (Å²) in [6, 6.07) is 3.79. The molecule has 164 valence electrons. The molecule has 1 saturated heterocycles. The molecular weight excluding hydrogens is 404 g/mol. The summed E-state index contributed by atoms with van der Waals surface area (Å²) >= 11 is 0. The topological polar surface area (TPSA) is 95.3 Å². The van der Waals surface area contributed by atoms with Crippen LogP contribution >= 0.6 is 0 Å². The lowest BCUT2D eigenvalue weighted by atomic mass is 10.2. The number of nitrogens with zero attached hydrogens (tertiary/aromatic N) is 6. The van der Waals surface area contributed by atoms with Gasteiger partial charge in [0.1, 0.15) is 23.8 Å². The summed E-state index contributed by atoms with van der Waals surface area (Å²) in [6.45, 7) is 2.54. The van der Waals surface area contributed by atoms with E-state index in [1.807, 2.05) is 11.9 Å².